The van der Waals surface area contributed by atoms with E-state index in [0.717, 1.165) is 29.4 Å². The zero-order valence-electron chi connectivity index (χ0n) is 11.5. The van der Waals surface area contributed by atoms with Gasteiger partial charge in [0, 0.05) is 35.5 Å². The van der Waals surface area contributed by atoms with Gasteiger partial charge in [-0.05, 0) is 43.5 Å². The number of benzene rings is 1. The van der Waals surface area contributed by atoms with Crippen LogP contribution in [0.2, 0.25) is 0 Å². The van der Waals surface area contributed by atoms with Gasteiger partial charge in [0.15, 0.2) is 0 Å². The number of unbranched alkanes of at least 4 members (excludes halogenated alkanes) is 1. The van der Waals surface area contributed by atoms with Crippen LogP contribution in [0.4, 0.5) is 0 Å². The Hall–Kier alpha value is -1.62. The zero-order chi connectivity index (χ0) is 14.4. The van der Waals surface area contributed by atoms with Crippen LogP contribution in [0.25, 0.3) is 0 Å². The molecule has 0 aliphatic carbocycles. The minimum absolute atomic E-state index is 0.0166. The summed E-state index contributed by atoms with van der Waals surface area (Å²) in [6.45, 7) is 3.61. The van der Waals surface area contributed by atoms with E-state index in [2.05, 4.69) is 26.2 Å². The summed E-state index contributed by atoms with van der Waals surface area (Å²) in [5, 5.41) is 2.95. The second-order valence-electron chi connectivity index (χ2n) is 4.78. The van der Waals surface area contributed by atoms with Gasteiger partial charge in [0.05, 0.1) is 6.33 Å². The highest BCUT2D eigenvalue weighted by molar-refractivity contribution is 9.10. The fourth-order valence-corrected chi connectivity index (χ4v) is 2.62. The van der Waals surface area contributed by atoms with Crippen LogP contribution in [-0.2, 0) is 6.54 Å². The number of rotatable bonds is 6. The van der Waals surface area contributed by atoms with Crippen molar-refractivity contribution in [1.29, 1.82) is 0 Å². The van der Waals surface area contributed by atoms with Crippen LogP contribution in [-0.4, -0.2) is 22.0 Å². The smallest absolute Gasteiger partial charge is 0.251 e. The fourth-order valence-electron chi connectivity index (χ4n) is 2.01. The maximum atomic E-state index is 12.0. The standard InChI is InChI=1S/C15H18BrN3O/c1-12-8-13(10-14(16)9-12)15(20)18-4-2-3-6-19-7-5-17-11-19/h5,7-11H,2-4,6H2,1H3,(H,18,20). The third-order valence-electron chi connectivity index (χ3n) is 2.99. The largest absolute Gasteiger partial charge is 0.352 e. The minimum Gasteiger partial charge on any atom is -0.352 e. The van der Waals surface area contributed by atoms with E-state index in [1.165, 1.54) is 0 Å². The Labute approximate surface area is 127 Å². The number of hydrogen-bond donors (Lipinski definition) is 1. The SMILES string of the molecule is Cc1cc(Br)cc(C(=O)NCCCCn2ccnc2)c1. The Morgan fingerprint density at radius 1 is 1.35 bits per heavy atom. The van der Waals surface area contributed by atoms with Crippen molar-refractivity contribution in [3.8, 4) is 0 Å². The zero-order valence-corrected chi connectivity index (χ0v) is 13.1. The highest BCUT2D eigenvalue weighted by Crippen LogP contribution is 2.15. The lowest BCUT2D eigenvalue weighted by molar-refractivity contribution is 0.0952. The number of amides is 1. The van der Waals surface area contributed by atoms with Crippen LogP contribution in [0.1, 0.15) is 28.8 Å². The highest BCUT2D eigenvalue weighted by Gasteiger charge is 2.06. The van der Waals surface area contributed by atoms with Crippen LogP contribution in [0.5, 0.6) is 0 Å². The molecule has 1 aromatic carbocycles. The van der Waals surface area contributed by atoms with Crippen molar-refractivity contribution in [2.45, 2.75) is 26.3 Å². The molecule has 0 saturated carbocycles. The molecule has 0 aliphatic heterocycles. The number of carbonyl (C=O) groups is 1. The van der Waals surface area contributed by atoms with E-state index in [0.29, 0.717) is 12.1 Å². The lowest BCUT2D eigenvalue weighted by Gasteiger charge is -2.07. The van der Waals surface area contributed by atoms with Crippen LogP contribution in [0.3, 0.4) is 0 Å². The predicted molar refractivity (Wildman–Crippen MR) is 82.7 cm³/mol. The summed E-state index contributed by atoms with van der Waals surface area (Å²) in [7, 11) is 0. The molecule has 0 bridgehead atoms. The number of halogens is 1. The lowest BCUT2D eigenvalue weighted by atomic mass is 10.1. The molecule has 0 unspecified atom stereocenters. The van der Waals surface area contributed by atoms with Gasteiger partial charge in [-0.1, -0.05) is 15.9 Å². The maximum Gasteiger partial charge on any atom is 0.251 e. The van der Waals surface area contributed by atoms with Crippen LogP contribution in [0, 0.1) is 6.92 Å². The van der Waals surface area contributed by atoms with Crippen molar-refractivity contribution in [3.05, 3.63) is 52.5 Å². The van der Waals surface area contributed by atoms with Gasteiger partial charge in [-0.2, -0.15) is 0 Å². The van der Waals surface area contributed by atoms with E-state index in [-0.39, 0.29) is 5.91 Å². The van der Waals surface area contributed by atoms with Crippen molar-refractivity contribution in [2.75, 3.05) is 6.54 Å². The van der Waals surface area contributed by atoms with Gasteiger partial charge in [0.25, 0.3) is 5.91 Å². The van der Waals surface area contributed by atoms with Gasteiger partial charge in [0.2, 0.25) is 0 Å². The molecule has 20 heavy (non-hydrogen) atoms. The summed E-state index contributed by atoms with van der Waals surface area (Å²) in [6, 6.07) is 5.72. The number of nitrogens with one attached hydrogen (secondary N) is 1. The van der Waals surface area contributed by atoms with E-state index in [1.807, 2.05) is 42.2 Å². The van der Waals surface area contributed by atoms with Gasteiger partial charge >= 0.3 is 0 Å². The average Bonchev–Trinajstić information content (AvgIpc) is 2.90. The molecule has 0 aliphatic rings. The molecule has 4 nitrogen and oxygen atoms in total. The predicted octanol–water partition coefficient (Wildman–Crippen LogP) is 3.16. The third kappa shape index (κ3) is 4.49. The fraction of sp³-hybridized carbons (Fsp3) is 0.333. The van der Waals surface area contributed by atoms with Crippen LogP contribution in [0.15, 0.2) is 41.4 Å². The first-order chi connectivity index (χ1) is 9.65. The van der Waals surface area contributed by atoms with Crippen molar-refractivity contribution < 1.29 is 4.79 Å². The Balaban J connectivity index is 1.72. The Bertz CT molecular complexity index is 546. The molecule has 0 radical (unpaired) electrons. The van der Waals surface area contributed by atoms with Crippen molar-refractivity contribution in [3.63, 3.8) is 0 Å². The maximum absolute atomic E-state index is 12.0. The minimum atomic E-state index is -0.0166. The molecule has 106 valence electrons. The number of hydrogen-bond acceptors (Lipinski definition) is 2. The van der Waals surface area contributed by atoms with E-state index in [1.54, 1.807) is 6.20 Å². The number of nitrogens with zero attached hydrogens (tertiary/aromatic N) is 2. The van der Waals surface area contributed by atoms with E-state index < -0.39 is 0 Å². The average molecular weight is 336 g/mol. The van der Waals surface area contributed by atoms with Gasteiger partial charge in [-0.15, -0.1) is 0 Å². The molecule has 0 spiro atoms. The number of carbonyl (C=O) groups excluding carboxylic acids is 1. The normalized spacial score (nSPS) is 10.5. The summed E-state index contributed by atoms with van der Waals surface area (Å²) in [5.74, 6) is -0.0166. The molecule has 0 fully saturated rings. The Morgan fingerprint density at radius 3 is 2.90 bits per heavy atom. The van der Waals surface area contributed by atoms with Gasteiger partial charge in [-0.25, -0.2) is 4.98 Å². The molecule has 1 heterocycles. The Kier molecular flexibility index (Phi) is 5.35. The van der Waals surface area contributed by atoms with E-state index in [4.69, 9.17) is 0 Å². The van der Waals surface area contributed by atoms with Crippen molar-refractivity contribution in [2.24, 2.45) is 0 Å². The number of imidazole rings is 1. The second-order valence-corrected chi connectivity index (χ2v) is 5.70. The highest BCUT2D eigenvalue weighted by atomic mass is 79.9. The third-order valence-corrected chi connectivity index (χ3v) is 3.45. The number of aromatic nitrogens is 2. The molecule has 2 rings (SSSR count). The second kappa shape index (κ2) is 7.24. The topological polar surface area (TPSA) is 46.9 Å². The molecule has 1 amide bonds. The van der Waals surface area contributed by atoms with E-state index >= 15 is 0 Å². The molecule has 0 saturated heterocycles. The molecule has 2 aromatic rings. The van der Waals surface area contributed by atoms with Gasteiger partial charge in [-0.3, -0.25) is 4.79 Å². The molecular formula is C15H18BrN3O. The molecule has 1 aromatic heterocycles. The summed E-state index contributed by atoms with van der Waals surface area (Å²) >= 11 is 3.41. The Morgan fingerprint density at radius 2 is 2.20 bits per heavy atom. The van der Waals surface area contributed by atoms with Gasteiger partial charge in [0.1, 0.15) is 0 Å². The first-order valence-electron chi connectivity index (χ1n) is 6.66. The molecule has 5 heteroatoms. The van der Waals surface area contributed by atoms with Crippen LogP contribution >= 0.6 is 15.9 Å². The van der Waals surface area contributed by atoms with Crippen molar-refractivity contribution in [1.82, 2.24) is 14.9 Å². The monoisotopic (exact) mass is 335 g/mol. The van der Waals surface area contributed by atoms with Gasteiger partial charge < -0.3 is 9.88 Å². The first-order valence-corrected chi connectivity index (χ1v) is 7.45. The molecule has 1 N–H and O–H groups in total. The first kappa shape index (κ1) is 14.8. The summed E-state index contributed by atoms with van der Waals surface area (Å²) in [5.41, 5.74) is 1.77. The summed E-state index contributed by atoms with van der Waals surface area (Å²) in [4.78, 5) is 16.0. The molecule has 0 atom stereocenters. The summed E-state index contributed by atoms with van der Waals surface area (Å²) in [6.07, 6.45) is 7.51. The lowest BCUT2D eigenvalue weighted by Crippen LogP contribution is -2.24. The van der Waals surface area contributed by atoms with Crippen LogP contribution < -0.4 is 5.32 Å². The van der Waals surface area contributed by atoms with E-state index in [9.17, 15) is 4.79 Å². The summed E-state index contributed by atoms with van der Waals surface area (Å²) < 4.78 is 2.97. The van der Waals surface area contributed by atoms with Crippen molar-refractivity contribution >= 4 is 21.8 Å². The quantitative estimate of drug-likeness (QED) is 0.824. The number of aryl methyl sites for hydroxylation is 2. The molecular weight excluding hydrogens is 318 g/mol.